The number of nitrogens with zero attached hydrogens (tertiary/aromatic N) is 4. The van der Waals surface area contributed by atoms with E-state index < -0.39 is 10.0 Å². The van der Waals surface area contributed by atoms with E-state index in [0.717, 1.165) is 22.5 Å². The Balaban J connectivity index is 1.51. The highest BCUT2D eigenvalue weighted by molar-refractivity contribution is 7.89. The molecule has 33 heavy (non-hydrogen) atoms. The van der Waals surface area contributed by atoms with Gasteiger partial charge in [-0.15, -0.1) is 0 Å². The summed E-state index contributed by atoms with van der Waals surface area (Å²) >= 11 is 1.06. The van der Waals surface area contributed by atoms with Crippen molar-refractivity contribution in [2.24, 2.45) is 0 Å². The molecule has 0 saturated carbocycles. The van der Waals surface area contributed by atoms with Crippen molar-refractivity contribution in [3.8, 4) is 0 Å². The third-order valence-corrected chi connectivity index (χ3v) is 8.69. The van der Waals surface area contributed by atoms with Crippen molar-refractivity contribution in [3.63, 3.8) is 0 Å². The van der Waals surface area contributed by atoms with Crippen LogP contribution in [0.1, 0.15) is 30.2 Å². The van der Waals surface area contributed by atoms with Gasteiger partial charge in [-0.1, -0.05) is 17.4 Å². The van der Waals surface area contributed by atoms with Crippen molar-refractivity contribution in [1.82, 2.24) is 13.8 Å². The van der Waals surface area contributed by atoms with Crippen molar-refractivity contribution in [2.45, 2.75) is 24.8 Å². The number of amides is 1. The van der Waals surface area contributed by atoms with Gasteiger partial charge >= 0.3 is 4.87 Å². The van der Waals surface area contributed by atoms with Crippen LogP contribution in [0.5, 0.6) is 0 Å². The zero-order valence-corrected chi connectivity index (χ0v) is 20.8. The van der Waals surface area contributed by atoms with Crippen LogP contribution in [-0.4, -0.2) is 68.4 Å². The van der Waals surface area contributed by atoms with E-state index in [2.05, 4.69) is 0 Å². The predicted molar refractivity (Wildman–Crippen MR) is 132 cm³/mol. The molecule has 176 valence electrons. The lowest BCUT2D eigenvalue weighted by Gasteiger charge is -2.34. The molecule has 0 radical (unpaired) electrons. The Morgan fingerprint density at radius 3 is 2.36 bits per heavy atom. The van der Waals surface area contributed by atoms with Crippen LogP contribution in [0.4, 0.5) is 5.69 Å². The predicted octanol–water partition coefficient (Wildman–Crippen LogP) is 2.86. The second-order valence-electron chi connectivity index (χ2n) is 8.60. The molecule has 8 nitrogen and oxygen atoms in total. The maximum absolute atomic E-state index is 13.3. The Kier molecular flexibility index (Phi) is 6.35. The Morgan fingerprint density at radius 1 is 1.03 bits per heavy atom. The summed E-state index contributed by atoms with van der Waals surface area (Å²) in [6.45, 7) is 4.95. The molecule has 1 aliphatic heterocycles. The van der Waals surface area contributed by atoms with Crippen LogP contribution in [-0.2, 0) is 10.0 Å². The average Bonchev–Trinajstić information content (AvgIpc) is 3.13. The molecule has 0 spiro atoms. The van der Waals surface area contributed by atoms with Gasteiger partial charge in [0.2, 0.25) is 10.0 Å². The van der Waals surface area contributed by atoms with E-state index in [1.54, 1.807) is 33.7 Å². The van der Waals surface area contributed by atoms with Gasteiger partial charge in [-0.3, -0.25) is 14.2 Å². The quantitative estimate of drug-likeness (QED) is 0.552. The summed E-state index contributed by atoms with van der Waals surface area (Å²) in [5.41, 5.74) is 2.27. The molecule has 1 saturated heterocycles. The Hall–Kier alpha value is -2.69. The van der Waals surface area contributed by atoms with E-state index in [-0.39, 0.29) is 34.8 Å². The van der Waals surface area contributed by atoms with Gasteiger partial charge < -0.3 is 9.80 Å². The van der Waals surface area contributed by atoms with E-state index in [0.29, 0.717) is 23.4 Å². The molecular formula is C23H28N4O4S2. The average molecular weight is 489 g/mol. The number of thiazole rings is 1. The summed E-state index contributed by atoms with van der Waals surface area (Å²) in [5.74, 6) is -0.100. The minimum atomic E-state index is -3.72. The highest BCUT2D eigenvalue weighted by Crippen LogP contribution is 2.26. The molecular weight excluding hydrogens is 460 g/mol. The number of piperazine rings is 1. The normalized spacial score (nSPS) is 15.4. The van der Waals surface area contributed by atoms with Crippen molar-refractivity contribution >= 4 is 43.2 Å². The van der Waals surface area contributed by atoms with Gasteiger partial charge in [0.15, 0.2) is 0 Å². The number of carbonyl (C=O) groups excluding carboxylic acids is 1. The summed E-state index contributed by atoms with van der Waals surface area (Å²) in [6.07, 6.45) is 0. The molecule has 2 aromatic carbocycles. The number of fused-ring (bicyclic) bond motifs is 1. The van der Waals surface area contributed by atoms with Gasteiger partial charge in [-0.05, 0) is 50.2 Å². The molecule has 4 rings (SSSR count). The third kappa shape index (κ3) is 4.42. The van der Waals surface area contributed by atoms with Crippen LogP contribution >= 0.6 is 11.3 Å². The molecule has 10 heteroatoms. The Morgan fingerprint density at radius 2 is 1.73 bits per heavy atom. The number of aromatic nitrogens is 1. The largest absolute Gasteiger partial charge is 0.378 e. The maximum Gasteiger partial charge on any atom is 0.308 e. The SMILES string of the molecule is CC(C)n1c(=O)sc2cc(S(=O)(=O)N3CCN(C(=O)c4cccc(N(C)C)c4)CC3)ccc21. The topological polar surface area (TPSA) is 82.9 Å². The molecule has 1 aromatic heterocycles. The summed E-state index contributed by atoms with van der Waals surface area (Å²) < 4.78 is 30.3. The van der Waals surface area contributed by atoms with Gasteiger partial charge in [0.05, 0.1) is 15.1 Å². The molecule has 0 atom stereocenters. The smallest absolute Gasteiger partial charge is 0.308 e. The van der Waals surface area contributed by atoms with E-state index in [9.17, 15) is 18.0 Å². The van der Waals surface area contributed by atoms with Crippen LogP contribution in [0.25, 0.3) is 10.2 Å². The molecule has 0 aliphatic carbocycles. The zero-order chi connectivity index (χ0) is 23.9. The van der Waals surface area contributed by atoms with Crippen LogP contribution in [0.15, 0.2) is 52.2 Å². The van der Waals surface area contributed by atoms with E-state index >= 15 is 0 Å². The van der Waals surface area contributed by atoms with Gasteiger partial charge in [0, 0.05) is 57.6 Å². The number of rotatable bonds is 5. The van der Waals surface area contributed by atoms with Crippen molar-refractivity contribution in [2.75, 3.05) is 45.2 Å². The lowest BCUT2D eigenvalue weighted by Crippen LogP contribution is -2.50. The summed E-state index contributed by atoms with van der Waals surface area (Å²) in [7, 11) is 0.110. The number of sulfonamides is 1. The van der Waals surface area contributed by atoms with Crippen molar-refractivity contribution in [3.05, 3.63) is 57.7 Å². The molecule has 3 aromatic rings. The molecule has 1 fully saturated rings. The monoisotopic (exact) mass is 488 g/mol. The molecule has 0 bridgehead atoms. The molecule has 0 N–H and O–H groups in total. The van der Waals surface area contributed by atoms with Crippen LogP contribution in [0.3, 0.4) is 0 Å². The standard InChI is InChI=1S/C23H28N4O4S2/c1-16(2)27-20-9-8-19(15-21(20)32-23(27)29)33(30,31)26-12-10-25(11-13-26)22(28)17-6-5-7-18(14-17)24(3)4/h5-9,14-16H,10-13H2,1-4H3. The number of hydrogen-bond donors (Lipinski definition) is 0. The fraction of sp³-hybridized carbons (Fsp3) is 0.391. The lowest BCUT2D eigenvalue weighted by atomic mass is 10.1. The first-order valence-electron chi connectivity index (χ1n) is 10.8. The summed E-state index contributed by atoms with van der Waals surface area (Å²) in [5, 5.41) is 0. The van der Waals surface area contributed by atoms with Crippen molar-refractivity contribution < 1.29 is 13.2 Å². The minimum absolute atomic E-state index is 0.00209. The molecule has 2 heterocycles. The van der Waals surface area contributed by atoms with Crippen LogP contribution in [0.2, 0.25) is 0 Å². The highest BCUT2D eigenvalue weighted by Gasteiger charge is 2.31. The number of benzene rings is 2. The minimum Gasteiger partial charge on any atom is -0.378 e. The maximum atomic E-state index is 13.3. The number of anilines is 1. The molecule has 1 amide bonds. The highest BCUT2D eigenvalue weighted by atomic mass is 32.2. The Bertz CT molecular complexity index is 1350. The first kappa shape index (κ1) is 23.5. The second-order valence-corrected chi connectivity index (χ2v) is 11.5. The van der Waals surface area contributed by atoms with Crippen molar-refractivity contribution in [1.29, 1.82) is 0 Å². The van der Waals surface area contributed by atoms with Gasteiger partial charge in [-0.2, -0.15) is 4.31 Å². The summed E-state index contributed by atoms with van der Waals surface area (Å²) in [4.78, 5) is 28.9. The number of carbonyl (C=O) groups is 1. The third-order valence-electron chi connectivity index (χ3n) is 5.87. The molecule has 0 unspecified atom stereocenters. The fourth-order valence-corrected chi connectivity index (χ4v) is 6.62. The fourth-order valence-electron chi connectivity index (χ4n) is 4.05. The van der Waals surface area contributed by atoms with Gasteiger partial charge in [0.1, 0.15) is 0 Å². The van der Waals surface area contributed by atoms with E-state index in [4.69, 9.17) is 0 Å². The van der Waals surface area contributed by atoms with Crippen LogP contribution in [0, 0.1) is 0 Å². The zero-order valence-electron chi connectivity index (χ0n) is 19.2. The van der Waals surface area contributed by atoms with Gasteiger partial charge in [-0.25, -0.2) is 8.42 Å². The first-order valence-corrected chi connectivity index (χ1v) is 13.1. The van der Waals surface area contributed by atoms with Crippen LogP contribution < -0.4 is 9.77 Å². The summed E-state index contributed by atoms with van der Waals surface area (Å²) in [6, 6.07) is 12.3. The molecule has 1 aliphatic rings. The van der Waals surface area contributed by atoms with E-state index in [1.165, 1.54) is 4.31 Å². The second kappa shape index (κ2) is 8.92. The lowest BCUT2D eigenvalue weighted by molar-refractivity contribution is 0.0698. The first-order chi connectivity index (χ1) is 15.6. The van der Waals surface area contributed by atoms with E-state index in [1.807, 2.05) is 51.0 Å². The number of hydrogen-bond acceptors (Lipinski definition) is 6. The Labute approximate surface area is 197 Å². The van der Waals surface area contributed by atoms with Gasteiger partial charge in [0.25, 0.3) is 5.91 Å².